The molecule has 12 heteroatoms. The lowest BCUT2D eigenvalue weighted by Gasteiger charge is -2.24. The second-order valence-corrected chi connectivity index (χ2v) is 9.07. The summed E-state index contributed by atoms with van der Waals surface area (Å²) in [6.07, 6.45) is -5.92. The average Bonchev–Trinajstić information content (AvgIpc) is 3.15. The monoisotopic (exact) mass is 521 g/mol. The van der Waals surface area contributed by atoms with Crippen LogP contribution in [-0.4, -0.2) is 41.6 Å². The van der Waals surface area contributed by atoms with Gasteiger partial charge in [0.2, 0.25) is 0 Å². The summed E-state index contributed by atoms with van der Waals surface area (Å²) in [6, 6.07) is 10.6. The van der Waals surface area contributed by atoms with E-state index in [4.69, 9.17) is 15.2 Å². The molecule has 0 saturated carbocycles. The number of nitrogens with zero attached hydrogens (tertiary/aromatic N) is 1. The van der Waals surface area contributed by atoms with Gasteiger partial charge in [-0.05, 0) is 56.7 Å². The number of halogens is 3. The topological polar surface area (TPSA) is 122 Å². The van der Waals surface area contributed by atoms with Crippen LogP contribution in [0.1, 0.15) is 49.3 Å². The Labute approximate surface area is 210 Å². The highest BCUT2D eigenvalue weighted by molar-refractivity contribution is 5.99. The third kappa shape index (κ3) is 7.15. The van der Waals surface area contributed by atoms with E-state index in [9.17, 15) is 27.6 Å². The van der Waals surface area contributed by atoms with Crippen molar-refractivity contribution in [3.63, 3.8) is 0 Å². The van der Waals surface area contributed by atoms with Gasteiger partial charge in [0.05, 0.1) is 25.1 Å². The minimum Gasteiger partial charge on any atom is -0.469 e. The Hall–Kier alpha value is -4.22. The normalized spacial score (nSPS) is 12.6. The number of rotatable bonds is 7. The van der Waals surface area contributed by atoms with E-state index in [1.807, 2.05) is 0 Å². The van der Waals surface area contributed by atoms with Crippen molar-refractivity contribution in [2.75, 3.05) is 7.11 Å². The minimum absolute atomic E-state index is 0.000859. The molecule has 3 aromatic rings. The number of methoxy groups -OCH3 is 1. The number of benzene rings is 2. The van der Waals surface area contributed by atoms with Crippen LogP contribution in [0.4, 0.5) is 18.0 Å². The number of esters is 1. The molecule has 0 fully saturated rings. The molecule has 0 aliphatic heterocycles. The number of primary amides is 1. The summed E-state index contributed by atoms with van der Waals surface area (Å²) < 4.78 is 53.8. The third-order valence-corrected chi connectivity index (χ3v) is 5.08. The van der Waals surface area contributed by atoms with E-state index >= 15 is 0 Å². The summed E-state index contributed by atoms with van der Waals surface area (Å²) in [5, 5.41) is 3.07. The van der Waals surface area contributed by atoms with Gasteiger partial charge in [-0.25, -0.2) is 4.79 Å². The van der Waals surface area contributed by atoms with Gasteiger partial charge >= 0.3 is 18.4 Å². The molecule has 0 unspecified atom stereocenters. The van der Waals surface area contributed by atoms with Gasteiger partial charge in [0.25, 0.3) is 5.91 Å². The van der Waals surface area contributed by atoms with Crippen LogP contribution < -0.4 is 15.8 Å². The summed E-state index contributed by atoms with van der Waals surface area (Å²) in [4.78, 5) is 36.7. The highest BCUT2D eigenvalue weighted by Gasteiger charge is 2.31. The number of aromatic nitrogens is 1. The summed E-state index contributed by atoms with van der Waals surface area (Å²) in [7, 11) is 1.20. The number of carbonyl (C=O) groups excluding carboxylic acids is 3. The number of alkyl carbamates (subject to hydrolysis) is 1. The Morgan fingerprint density at radius 1 is 1.05 bits per heavy atom. The van der Waals surface area contributed by atoms with Crippen molar-refractivity contribution >= 4 is 28.9 Å². The number of hydrogen-bond acceptors (Lipinski definition) is 6. The molecule has 2 amide bonds. The second kappa shape index (κ2) is 10.4. The van der Waals surface area contributed by atoms with Crippen LogP contribution in [0.5, 0.6) is 5.75 Å². The first kappa shape index (κ1) is 27.4. The molecular weight excluding hydrogens is 495 g/mol. The van der Waals surface area contributed by atoms with Crippen LogP contribution in [0.2, 0.25) is 0 Å². The molecule has 3 N–H and O–H groups in total. The molecule has 0 bridgehead atoms. The van der Waals surface area contributed by atoms with E-state index in [0.29, 0.717) is 16.6 Å². The first-order valence-corrected chi connectivity index (χ1v) is 11.0. The molecule has 0 aliphatic carbocycles. The van der Waals surface area contributed by atoms with Crippen molar-refractivity contribution in [1.82, 2.24) is 9.88 Å². The fourth-order valence-corrected chi connectivity index (χ4v) is 3.67. The number of nitrogens with one attached hydrogen (secondary N) is 1. The summed E-state index contributed by atoms with van der Waals surface area (Å²) in [6.45, 7) is 5.05. The zero-order chi connectivity index (χ0) is 27.5. The van der Waals surface area contributed by atoms with Gasteiger partial charge in [0.15, 0.2) is 0 Å². The molecule has 0 aliphatic rings. The Kier molecular flexibility index (Phi) is 7.70. The number of fused-ring (bicyclic) bond motifs is 1. The fourth-order valence-electron chi connectivity index (χ4n) is 3.67. The predicted molar refractivity (Wildman–Crippen MR) is 127 cm³/mol. The largest absolute Gasteiger partial charge is 0.573 e. The van der Waals surface area contributed by atoms with E-state index in [1.54, 1.807) is 45.0 Å². The van der Waals surface area contributed by atoms with Gasteiger partial charge in [-0.1, -0.05) is 12.1 Å². The third-order valence-electron chi connectivity index (χ3n) is 5.08. The number of ether oxygens (including phenoxy) is 3. The van der Waals surface area contributed by atoms with Crippen molar-refractivity contribution in [3.05, 3.63) is 59.8 Å². The Morgan fingerprint density at radius 2 is 1.76 bits per heavy atom. The molecule has 37 heavy (non-hydrogen) atoms. The highest BCUT2D eigenvalue weighted by atomic mass is 19.4. The minimum atomic E-state index is -4.91. The van der Waals surface area contributed by atoms with Gasteiger partial charge in [-0.15, -0.1) is 13.2 Å². The zero-order valence-electron chi connectivity index (χ0n) is 20.5. The molecule has 9 nitrogen and oxygen atoms in total. The smallest absolute Gasteiger partial charge is 0.469 e. The first-order chi connectivity index (χ1) is 17.2. The number of alkyl halides is 3. The van der Waals surface area contributed by atoms with Crippen molar-refractivity contribution in [2.24, 2.45) is 5.73 Å². The number of amides is 2. The lowest BCUT2D eigenvalue weighted by molar-refractivity contribution is -0.274. The molecule has 1 heterocycles. The van der Waals surface area contributed by atoms with Crippen LogP contribution in [0.15, 0.2) is 48.5 Å². The summed E-state index contributed by atoms with van der Waals surface area (Å²) in [5.74, 6) is -1.91. The molecule has 1 atom stereocenters. The van der Waals surface area contributed by atoms with Crippen molar-refractivity contribution in [1.29, 1.82) is 0 Å². The van der Waals surface area contributed by atoms with E-state index in [1.165, 1.54) is 23.8 Å². The number of hydrogen-bond donors (Lipinski definition) is 2. The predicted octanol–water partition coefficient (Wildman–Crippen LogP) is 4.76. The van der Waals surface area contributed by atoms with E-state index in [2.05, 4.69) is 10.1 Å². The number of carbonyl (C=O) groups is 3. The standard InChI is InChI=1S/C25H26F3N3O6/c1-24(2,3)37-23(34)30-18(13-21(32)35-4)14-6-5-7-16(10-14)31-19-12-17(36-25(26,27)28)9-8-15(19)11-20(31)22(29)33/h5-12,18H,13H2,1-4H3,(H2,29,33)(H,30,34)/t18-/m0/s1. The van der Waals surface area contributed by atoms with Crippen molar-refractivity contribution in [2.45, 2.75) is 45.2 Å². The van der Waals surface area contributed by atoms with E-state index < -0.39 is 41.7 Å². The SMILES string of the molecule is COC(=O)C[C@H](NC(=O)OC(C)(C)C)c1cccc(-n2c(C(N)=O)cc3ccc(OC(F)(F)F)cc32)c1. The maximum Gasteiger partial charge on any atom is 0.573 e. The quantitative estimate of drug-likeness (QED) is 0.433. The van der Waals surface area contributed by atoms with Crippen molar-refractivity contribution < 1.29 is 41.8 Å². The second-order valence-electron chi connectivity index (χ2n) is 9.07. The van der Waals surface area contributed by atoms with Crippen molar-refractivity contribution in [3.8, 4) is 11.4 Å². The Balaban J connectivity index is 2.10. The maximum absolute atomic E-state index is 12.8. The van der Waals surface area contributed by atoms with Crippen LogP contribution in [0.25, 0.3) is 16.6 Å². The van der Waals surface area contributed by atoms with Crippen LogP contribution in [0.3, 0.4) is 0 Å². The maximum atomic E-state index is 12.8. The Bertz CT molecular complexity index is 1330. The van der Waals surface area contributed by atoms with Crippen LogP contribution in [0, 0.1) is 0 Å². The molecule has 198 valence electrons. The lowest BCUT2D eigenvalue weighted by Crippen LogP contribution is -2.36. The zero-order valence-corrected chi connectivity index (χ0v) is 20.5. The summed E-state index contributed by atoms with van der Waals surface area (Å²) in [5.41, 5.74) is 5.76. The van der Waals surface area contributed by atoms with Gasteiger partial charge in [0.1, 0.15) is 17.0 Å². The first-order valence-electron chi connectivity index (χ1n) is 11.0. The van der Waals surface area contributed by atoms with E-state index in [-0.39, 0.29) is 17.6 Å². The molecule has 0 radical (unpaired) electrons. The van der Waals surface area contributed by atoms with E-state index in [0.717, 1.165) is 12.1 Å². The van der Waals surface area contributed by atoms with Crippen LogP contribution >= 0.6 is 0 Å². The fraction of sp³-hybridized carbons (Fsp3) is 0.320. The molecule has 3 rings (SSSR count). The number of nitrogens with two attached hydrogens (primary N) is 1. The summed E-state index contributed by atoms with van der Waals surface area (Å²) >= 11 is 0. The van der Waals surface area contributed by atoms with Gasteiger partial charge in [-0.2, -0.15) is 0 Å². The van der Waals surface area contributed by atoms with Gasteiger partial charge in [-0.3, -0.25) is 9.59 Å². The van der Waals surface area contributed by atoms with Crippen LogP contribution in [-0.2, 0) is 14.3 Å². The molecular formula is C25H26F3N3O6. The molecule has 1 aromatic heterocycles. The molecule has 2 aromatic carbocycles. The Morgan fingerprint density at radius 3 is 2.35 bits per heavy atom. The van der Waals surface area contributed by atoms with Gasteiger partial charge < -0.3 is 29.8 Å². The van der Waals surface area contributed by atoms with Gasteiger partial charge in [0, 0.05) is 17.1 Å². The average molecular weight is 521 g/mol. The molecule has 0 spiro atoms. The molecule has 0 saturated heterocycles. The lowest BCUT2D eigenvalue weighted by atomic mass is 10.0. The highest BCUT2D eigenvalue weighted by Crippen LogP contribution is 2.31.